The van der Waals surface area contributed by atoms with Crippen LogP contribution in [0.1, 0.15) is 11.5 Å². The lowest BCUT2D eigenvalue weighted by molar-refractivity contribution is 0.212. The number of halogens is 1. The third kappa shape index (κ3) is 2.05. The Morgan fingerprint density at radius 3 is 2.56 bits per heavy atom. The third-order valence-electron chi connectivity index (χ3n) is 3.72. The van der Waals surface area contributed by atoms with Crippen molar-refractivity contribution in [2.75, 3.05) is 19.4 Å². The quantitative estimate of drug-likeness (QED) is 0.859. The number of hydrogen-bond donors (Lipinski definition) is 2. The fourth-order valence-electron chi connectivity index (χ4n) is 2.83. The van der Waals surface area contributed by atoms with E-state index in [9.17, 15) is 13.5 Å². The second-order valence-electron chi connectivity index (χ2n) is 4.88. The molecule has 0 spiro atoms. The lowest BCUT2D eigenvalue weighted by Crippen LogP contribution is -2.27. The van der Waals surface area contributed by atoms with Crippen LogP contribution in [0.4, 0.5) is 0 Å². The lowest BCUT2D eigenvalue weighted by Gasteiger charge is -2.11. The fraction of sp³-hybridized carbons (Fsp3) is 0.500. The monoisotopic (exact) mass is 289 g/mol. The van der Waals surface area contributed by atoms with Crippen molar-refractivity contribution in [3.8, 4) is 0 Å². The van der Waals surface area contributed by atoms with Crippen molar-refractivity contribution in [3.63, 3.8) is 0 Å². The zero-order valence-corrected chi connectivity index (χ0v) is 11.6. The smallest absolute Gasteiger partial charge is 0.151 e. The van der Waals surface area contributed by atoms with Gasteiger partial charge in [0.25, 0.3) is 0 Å². The van der Waals surface area contributed by atoms with Crippen LogP contribution < -0.4 is 5.73 Å². The van der Waals surface area contributed by atoms with E-state index in [1.165, 1.54) is 6.26 Å². The van der Waals surface area contributed by atoms with E-state index in [0.717, 1.165) is 5.56 Å². The van der Waals surface area contributed by atoms with Gasteiger partial charge in [-0.15, -0.1) is 0 Å². The molecule has 3 atom stereocenters. The highest BCUT2D eigenvalue weighted by Gasteiger charge is 2.68. The Morgan fingerprint density at radius 1 is 1.50 bits per heavy atom. The van der Waals surface area contributed by atoms with Crippen LogP contribution in [0.2, 0.25) is 5.02 Å². The van der Waals surface area contributed by atoms with Crippen molar-refractivity contribution in [1.82, 2.24) is 0 Å². The van der Waals surface area contributed by atoms with Crippen molar-refractivity contribution in [1.29, 1.82) is 0 Å². The molecule has 1 saturated carbocycles. The average molecular weight is 290 g/mol. The molecule has 1 aliphatic carbocycles. The summed E-state index contributed by atoms with van der Waals surface area (Å²) in [7, 11) is -3.25. The van der Waals surface area contributed by atoms with Gasteiger partial charge >= 0.3 is 0 Å². The number of benzene rings is 1. The van der Waals surface area contributed by atoms with Crippen LogP contribution in [0.25, 0.3) is 0 Å². The molecule has 0 aromatic heterocycles. The maximum Gasteiger partial charge on any atom is 0.151 e. The van der Waals surface area contributed by atoms with Gasteiger partial charge in [-0.05, 0) is 17.7 Å². The van der Waals surface area contributed by atoms with Gasteiger partial charge in [0.1, 0.15) is 0 Å². The number of rotatable bonds is 4. The summed E-state index contributed by atoms with van der Waals surface area (Å²) in [5, 5.41) is 9.44. The van der Waals surface area contributed by atoms with Gasteiger partial charge in [-0.25, -0.2) is 8.42 Å². The largest absolute Gasteiger partial charge is 0.396 e. The van der Waals surface area contributed by atoms with Crippen LogP contribution in [0, 0.1) is 5.41 Å². The van der Waals surface area contributed by atoms with Gasteiger partial charge in [0, 0.05) is 29.2 Å². The Bertz CT molecular complexity index is 554. The first-order chi connectivity index (χ1) is 8.36. The number of aliphatic hydroxyl groups excluding tert-OH is 1. The number of nitrogens with two attached hydrogens (primary N) is 1. The van der Waals surface area contributed by atoms with Crippen molar-refractivity contribution in [2.24, 2.45) is 11.1 Å². The van der Waals surface area contributed by atoms with E-state index < -0.39 is 20.5 Å². The first-order valence-corrected chi connectivity index (χ1v) is 7.95. The van der Waals surface area contributed by atoms with Crippen LogP contribution in [-0.4, -0.2) is 38.2 Å². The van der Waals surface area contributed by atoms with Crippen molar-refractivity contribution >= 4 is 21.4 Å². The Kier molecular flexibility index (Phi) is 3.44. The molecule has 1 aliphatic rings. The minimum absolute atomic E-state index is 0.137. The molecule has 1 fully saturated rings. The zero-order chi connectivity index (χ0) is 13.6. The molecule has 18 heavy (non-hydrogen) atoms. The maximum absolute atomic E-state index is 11.8. The topological polar surface area (TPSA) is 80.4 Å². The van der Waals surface area contributed by atoms with E-state index in [4.69, 9.17) is 17.3 Å². The van der Waals surface area contributed by atoms with Crippen LogP contribution in [-0.2, 0) is 9.84 Å². The Morgan fingerprint density at radius 2 is 2.17 bits per heavy atom. The van der Waals surface area contributed by atoms with Gasteiger partial charge in [0.15, 0.2) is 9.84 Å². The molecule has 0 heterocycles. The first-order valence-electron chi connectivity index (χ1n) is 5.62. The minimum atomic E-state index is -3.25. The summed E-state index contributed by atoms with van der Waals surface area (Å²) in [6, 6.07) is 7.05. The standard InChI is InChI=1S/C12H16ClNO3S/c1-18(16,17)11-10(12(11,6-14)7-15)8-3-2-4-9(13)5-8/h2-5,10-11,15H,6-7,14H2,1H3/t10-,11-,12+/m0/s1. The molecule has 4 nitrogen and oxygen atoms in total. The van der Waals surface area contributed by atoms with Crippen LogP contribution >= 0.6 is 11.6 Å². The summed E-state index contributed by atoms with van der Waals surface area (Å²) >= 11 is 5.91. The van der Waals surface area contributed by atoms with E-state index in [2.05, 4.69) is 0 Å². The second kappa shape index (κ2) is 4.49. The Labute approximate surface area is 112 Å². The highest BCUT2D eigenvalue weighted by molar-refractivity contribution is 7.91. The Balaban J connectivity index is 2.45. The fourth-order valence-corrected chi connectivity index (χ4v) is 5.04. The lowest BCUT2D eigenvalue weighted by atomic mass is 10.0. The van der Waals surface area contributed by atoms with Gasteiger partial charge in [-0.3, -0.25) is 0 Å². The highest BCUT2D eigenvalue weighted by Crippen LogP contribution is 2.62. The van der Waals surface area contributed by atoms with Crippen LogP contribution in [0.15, 0.2) is 24.3 Å². The molecule has 0 unspecified atom stereocenters. The molecular weight excluding hydrogens is 274 g/mol. The van der Waals surface area contributed by atoms with Crippen LogP contribution in [0.5, 0.6) is 0 Å². The molecule has 0 aliphatic heterocycles. The van der Waals surface area contributed by atoms with E-state index in [1.807, 2.05) is 6.07 Å². The first kappa shape index (κ1) is 13.8. The zero-order valence-electron chi connectivity index (χ0n) is 10.0. The van der Waals surface area contributed by atoms with Gasteiger partial charge < -0.3 is 10.8 Å². The third-order valence-corrected chi connectivity index (χ3v) is 5.62. The van der Waals surface area contributed by atoms with Gasteiger partial charge in [0.2, 0.25) is 0 Å². The molecule has 6 heteroatoms. The average Bonchev–Trinajstić information content (AvgIpc) is 2.98. The van der Waals surface area contributed by atoms with Gasteiger partial charge in [-0.2, -0.15) is 0 Å². The molecule has 0 saturated heterocycles. The molecule has 0 amide bonds. The summed E-state index contributed by atoms with van der Waals surface area (Å²) in [5.74, 6) is -0.277. The maximum atomic E-state index is 11.8. The highest BCUT2D eigenvalue weighted by atomic mass is 35.5. The SMILES string of the molecule is CS(=O)(=O)[C@H]1[C@H](c2cccc(Cl)c2)[C@@]1(CN)CO. The van der Waals surface area contributed by atoms with Crippen molar-refractivity contribution in [3.05, 3.63) is 34.9 Å². The Hall–Kier alpha value is -0.620. The van der Waals surface area contributed by atoms with Gasteiger partial charge in [0.05, 0.1) is 11.9 Å². The number of sulfone groups is 1. The summed E-state index contributed by atoms with van der Waals surface area (Å²) in [5.41, 5.74) is 5.73. The number of aliphatic hydroxyl groups is 1. The molecule has 3 N–H and O–H groups in total. The predicted molar refractivity (Wildman–Crippen MR) is 71.4 cm³/mol. The van der Waals surface area contributed by atoms with Gasteiger partial charge in [-0.1, -0.05) is 23.7 Å². The normalized spacial score (nSPS) is 31.3. The molecular formula is C12H16ClNO3S. The molecule has 100 valence electrons. The molecule has 1 aromatic carbocycles. The van der Waals surface area contributed by atoms with Crippen molar-refractivity contribution < 1.29 is 13.5 Å². The van der Waals surface area contributed by atoms with E-state index in [-0.39, 0.29) is 19.1 Å². The molecule has 1 aromatic rings. The summed E-state index contributed by atoms with van der Waals surface area (Å²) in [4.78, 5) is 0. The molecule has 2 rings (SSSR count). The molecule has 0 bridgehead atoms. The predicted octanol–water partition coefficient (Wildman–Crippen LogP) is 0.788. The molecule has 0 radical (unpaired) electrons. The number of hydrogen-bond acceptors (Lipinski definition) is 4. The van der Waals surface area contributed by atoms with E-state index in [1.54, 1.807) is 18.2 Å². The van der Waals surface area contributed by atoms with Crippen LogP contribution in [0.3, 0.4) is 0 Å². The van der Waals surface area contributed by atoms with E-state index in [0.29, 0.717) is 5.02 Å². The summed E-state index contributed by atoms with van der Waals surface area (Å²) in [6.07, 6.45) is 1.18. The summed E-state index contributed by atoms with van der Waals surface area (Å²) in [6.45, 7) is -0.100. The summed E-state index contributed by atoms with van der Waals surface area (Å²) < 4.78 is 23.6. The van der Waals surface area contributed by atoms with Crippen molar-refractivity contribution in [2.45, 2.75) is 11.2 Å². The minimum Gasteiger partial charge on any atom is -0.396 e. The van der Waals surface area contributed by atoms with E-state index >= 15 is 0 Å². The second-order valence-corrected chi connectivity index (χ2v) is 7.48.